The molecule has 0 heterocycles. The van der Waals surface area contributed by atoms with Crippen LogP contribution in [-0.4, -0.2) is 65.2 Å². The number of nitrogens with one attached hydrogen (secondary N) is 3. The summed E-state index contributed by atoms with van der Waals surface area (Å²) in [6.45, 7) is 9.66. The largest absolute Gasteiger partial charge is 0.480 e. The van der Waals surface area contributed by atoms with E-state index in [0.29, 0.717) is 31.6 Å². The Morgan fingerprint density at radius 3 is 2.21 bits per heavy atom. The molecule has 34 heavy (non-hydrogen) atoms. The number of aliphatic carboxylic acids is 1. The molecule has 196 valence electrons. The summed E-state index contributed by atoms with van der Waals surface area (Å²) in [6.07, 6.45) is 5.28. The van der Waals surface area contributed by atoms with E-state index in [-0.39, 0.29) is 29.6 Å². The van der Waals surface area contributed by atoms with Gasteiger partial charge in [-0.25, -0.2) is 9.59 Å². The molecule has 9 nitrogen and oxygen atoms in total. The Morgan fingerprint density at radius 2 is 1.71 bits per heavy atom. The van der Waals surface area contributed by atoms with E-state index >= 15 is 0 Å². The molecule has 1 aliphatic rings. The minimum absolute atomic E-state index is 0.0553. The van der Waals surface area contributed by atoms with Crippen LogP contribution in [0.5, 0.6) is 0 Å². The van der Waals surface area contributed by atoms with Crippen LogP contribution < -0.4 is 16.0 Å². The number of amides is 3. The summed E-state index contributed by atoms with van der Waals surface area (Å²) in [4.78, 5) is 48.9. The summed E-state index contributed by atoms with van der Waals surface area (Å²) >= 11 is 1.55. The van der Waals surface area contributed by atoms with Crippen LogP contribution in [0.15, 0.2) is 0 Å². The lowest BCUT2D eigenvalue weighted by molar-refractivity contribution is -0.142. The molecule has 0 spiro atoms. The summed E-state index contributed by atoms with van der Waals surface area (Å²) in [6, 6.07) is -1.54. The van der Waals surface area contributed by atoms with Crippen LogP contribution in [0.1, 0.15) is 73.1 Å². The Balaban J connectivity index is 2.53. The van der Waals surface area contributed by atoms with Crippen molar-refractivity contribution < 1.29 is 29.0 Å². The first-order valence-corrected chi connectivity index (χ1v) is 13.6. The fraction of sp³-hybridized carbons (Fsp3) is 0.833. The molecule has 1 rings (SSSR count). The van der Waals surface area contributed by atoms with E-state index in [1.54, 1.807) is 32.5 Å². The Hall–Kier alpha value is -1.97. The maximum Gasteiger partial charge on any atom is 0.408 e. The lowest BCUT2D eigenvalue weighted by atomic mass is 9.81. The smallest absolute Gasteiger partial charge is 0.408 e. The van der Waals surface area contributed by atoms with Gasteiger partial charge in [0, 0.05) is 12.5 Å². The van der Waals surface area contributed by atoms with Crippen molar-refractivity contribution in [1.29, 1.82) is 0 Å². The molecule has 10 heteroatoms. The van der Waals surface area contributed by atoms with Crippen molar-refractivity contribution in [3.05, 3.63) is 0 Å². The predicted octanol–water partition coefficient (Wildman–Crippen LogP) is 3.17. The second-order valence-corrected chi connectivity index (χ2v) is 11.1. The first kappa shape index (κ1) is 30.1. The lowest BCUT2D eigenvalue weighted by Crippen LogP contribution is -2.52. The Kier molecular flexibility index (Phi) is 12.8. The van der Waals surface area contributed by atoms with Crippen LogP contribution in [-0.2, 0) is 19.1 Å². The van der Waals surface area contributed by atoms with Crippen molar-refractivity contribution in [3.63, 3.8) is 0 Å². The van der Waals surface area contributed by atoms with Gasteiger partial charge in [-0.2, -0.15) is 11.8 Å². The van der Waals surface area contributed by atoms with Gasteiger partial charge in [-0.3, -0.25) is 9.59 Å². The van der Waals surface area contributed by atoms with E-state index in [0.717, 1.165) is 19.3 Å². The van der Waals surface area contributed by atoms with Crippen molar-refractivity contribution in [2.24, 2.45) is 17.8 Å². The van der Waals surface area contributed by atoms with Gasteiger partial charge in [-0.1, -0.05) is 20.3 Å². The number of hydrogen-bond acceptors (Lipinski definition) is 6. The fourth-order valence-corrected chi connectivity index (χ4v) is 4.37. The van der Waals surface area contributed by atoms with Gasteiger partial charge >= 0.3 is 12.1 Å². The van der Waals surface area contributed by atoms with E-state index in [2.05, 4.69) is 16.0 Å². The Bertz CT molecular complexity index is 689. The average molecular weight is 502 g/mol. The molecule has 0 aromatic rings. The number of alkyl carbamates (subject to hydrolysis) is 1. The van der Waals surface area contributed by atoms with Gasteiger partial charge in [-0.05, 0) is 76.7 Å². The maximum atomic E-state index is 12.8. The molecule has 0 saturated heterocycles. The molecule has 0 radical (unpaired) electrons. The lowest BCUT2D eigenvalue weighted by Gasteiger charge is -2.30. The molecule has 0 bridgehead atoms. The third-order valence-electron chi connectivity index (χ3n) is 6.18. The molecule has 4 N–H and O–H groups in total. The minimum atomic E-state index is -1.00. The van der Waals surface area contributed by atoms with Crippen molar-refractivity contribution in [1.82, 2.24) is 16.0 Å². The SMILES string of the molecule is CC[C@H](C)[C@H](NC(=O)OC(C)(C)C)C(=O)NCC1CCC(C(=O)N[C@@H](CCSC)C(=O)O)CC1. The molecule has 3 atom stereocenters. The number of carbonyl (C=O) groups excluding carboxylic acids is 3. The van der Waals surface area contributed by atoms with Gasteiger partial charge in [0.15, 0.2) is 0 Å². The monoisotopic (exact) mass is 501 g/mol. The Morgan fingerprint density at radius 1 is 1.09 bits per heavy atom. The summed E-state index contributed by atoms with van der Waals surface area (Å²) in [5.41, 5.74) is -0.648. The molecule has 0 aliphatic heterocycles. The van der Waals surface area contributed by atoms with Crippen LogP contribution in [0, 0.1) is 17.8 Å². The number of carboxylic acids is 1. The molecule has 1 aliphatic carbocycles. The molecule has 1 saturated carbocycles. The van der Waals surface area contributed by atoms with E-state index < -0.39 is 29.7 Å². The topological polar surface area (TPSA) is 134 Å². The second kappa shape index (κ2) is 14.4. The summed E-state index contributed by atoms with van der Waals surface area (Å²) in [5.74, 6) is -0.796. The number of ether oxygens (including phenoxy) is 1. The number of rotatable bonds is 12. The number of hydrogen-bond donors (Lipinski definition) is 4. The van der Waals surface area contributed by atoms with Crippen molar-refractivity contribution >= 4 is 35.6 Å². The van der Waals surface area contributed by atoms with Gasteiger partial charge < -0.3 is 25.8 Å². The highest BCUT2D eigenvalue weighted by Gasteiger charge is 2.31. The van der Waals surface area contributed by atoms with Crippen LogP contribution in [0.25, 0.3) is 0 Å². The van der Waals surface area contributed by atoms with Gasteiger partial charge in [-0.15, -0.1) is 0 Å². The second-order valence-electron chi connectivity index (χ2n) is 10.2. The third-order valence-corrected chi connectivity index (χ3v) is 6.82. The molecule has 1 fully saturated rings. The molecule has 3 amide bonds. The summed E-state index contributed by atoms with van der Waals surface area (Å²) in [5, 5.41) is 17.7. The predicted molar refractivity (Wildman–Crippen MR) is 134 cm³/mol. The molecular weight excluding hydrogens is 458 g/mol. The Labute approximate surface area is 207 Å². The van der Waals surface area contributed by atoms with Gasteiger partial charge in [0.05, 0.1) is 0 Å². The third kappa shape index (κ3) is 11.0. The van der Waals surface area contributed by atoms with E-state index in [9.17, 15) is 24.3 Å². The summed E-state index contributed by atoms with van der Waals surface area (Å²) < 4.78 is 5.30. The average Bonchev–Trinajstić information content (AvgIpc) is 2.76. The van der Waals surface area contributed by atoms with Crippen LogP contribution >= 0.6 is 11.8 Å². The first-order valence-electron chi connectivity index (χ1n) is 12.2. The highest BCUT2D eigenvalue weighted by molar-refractivity contribution is 7.98. The van der Waals surface area contributed by atoms with Crippen LogP contribution in [0.3, 0.4) is 0 Å². The van der Waals surface area contributed by atoms with Crippen molar-refractivity contribution in [2.45, 2.75) is 90.8 Å². The maximum absolute atomic E-state index is 12.8. The van der Waals surface area contributed by atoms with Crippen molar-refractivity contribution in [3.8, 4) is 0 Å². The highest BCUT2D eigenvalue weighted by atomic mass is 32.2. The molecular formula is C24H43N3O6S. The molecule has 0 aromatic heterocycles. The normalized spacial score (nSPS) is 21.0. The fourth-order valence-electron chi connectivity index (χ4n) is 3.90. The number of carbonyl (C=O) groups is 4. The molecule has 0 unspecified atom stereocenters. The standard InChI is InChI=1S/C24H43N3O6S/c1-7-15(2)19(27-23(32)33-24(3,4)5)21(29)25-14-16-8-10-17(11-9-16)20(28)26-18(22(30)31)12-13-34-6/h15-19H,7-14H2,1-6H3,(H,25,29)(H,26,28)(H,27,32)(H,30,31)/t15-,16?,17?,18-,19-/m0/s1. The summed E-state index contributed by atoms with van der Waals surface area (Å²) in [7, 11) is 0. The van der Waals surface area contributed by atoms with E-state index in [4.69, 9.17) is 4.74 Å². The zero-order valence-electron chi connectivity index (χ0n) is 21.4. The molecule has 0 aromatic carbocycles. The van der Waals surface area contributed by atoms with Crippen LogP contribution in [0.4, 0.5) is 4.79 Å². The number of carboxylic acid groups (broad SMARTS) is 1. The van der Waals surface area contributed by atoms with E-state index in [1.165, 1.54) is 0 Å². The minimum Gasteiger partial charge on any atom is -0.480 e. The quantitative estimate of drug-likeness (QED) is 0.323. The zero-order chi connectivity index (χ0) is 25.9. The number of thioether (sulfide) groups is 1. The zero-order valence-corrected chi connectivity index (χ0v) is 22.3. The first-order chi connectivity index (χ1) is 15.9. The highest BCUT2D eigenvalue weighted by Crippen LogP contribution is 2.29. The van der Waals surface area contributed by atoms with E-state index in [1.807, 2.05) is 20.1 Å². The van der Waals surface area contributed by atoms with Gasteiger partial charge in [0.1, 0.15) is 17.7 Å². The van der Waals surface area contributed by atoms with Crippen LogP contribution in [0.2, 0.25) is 0 Å². The van der Waals surface area contributed by atoms with Gasteiger partial charge in [0.2, 0.25) is 11.8 Å². The van der Waals surface area contributed by atoms with Crippen molar-refractivity contribution in [2.75, 3.05) is 18.6 Å². The van der Waals surface area contributed by atoms with Gasteiger partial charge in [0.25, 0.3) is 0 Å².